The lowest BCUT2D eigenvalue weighted by atomic mass is 10.2. The average Bonchev–Trinajstić information content (AvgIpc) is 2.55. The van der Waals surface area contributed by atoms with Crippen LogP contribution < -0.4 is 10.1 Å². The highest BCUT2D eigenvalue weighted by atomic mass is 16.5. The number of carbonyl (C=O) groups is 1. The minimum atomic E-state index is -0.258. The lowest BCUT2D eigenvalue weighted by Crippen LogP contribution is -2.36. The van der Waals surface area contributed by atoms with E-state index in [1.54, 1.807) is 24.1 Å². The summed E-state index contributed by atoms with van der Waals surface area (Å²) in [5, 5.41) is 12.0. The largest absolute Gasteiger partial charge is 0.497 e. The molecule has 2 amide bonds. The Kier molecular flexibility index (Phi) is 5.80. The molecule has 0 unspecified atom stereocenters. The second kappa shape index (κ2) is 8.05. The van der Waals surface area contributed by atoms with Gasteiger partial charge in [0.25, 0.3) is 0 Å². The monoisotopic (exact) mass is 300 g/mol. The predicted molar refractivity (Wildman–Crippen MR) is 86.0 cm³/mol. The van der Waals surface area contributed by atoms with Crippen molar-refractivity contribution in [1.82, 2.24) is 4.90 Å². The maximum Gasteiger partial charge on any atom is 0.322 e. The zero-order valence-corrected chi connectivity index (χ0v) is 12.5. The van der Waals surface area contributed by atoms with Crippen molar-refractivity contribution < 1.29 is 14.6 Å². The standard InChI is InChI=1S/C17H20N2O3/c1-22-16-9-5-8-15(12-16)18-17(21)19(10-11-20)13-14-6-3-2-4-7-14/h2-9,12,20H,10-11,13H2,1H3,(H,18,21). The normalized spacial score (nSPS) is 10.1. The van der Waals surface area contributed by atoms with Gasteiger partial charge in [-0.15, -0.1) is 0 Å². The molecule has 2 N–H and O–H groups in total. The number of nitrogens with one attached hydrogen (secondary N) is 1. The molecule has 2 aromatic rings. The van der Waals surface area contributed by atoms with Crippen molar-refractivity contribution in [3.05, 3.63) is 60.2 Å². The zero-order valence-electron chi connectivity index (χ0n) is 12.5. The second-order valence-corrected chi connectivity index (χ2v) is 4.79. The number of carbonyl (C=O) groups excluding carboxylic acids is 1. The molecule has 0 saturated heterocycles. The van der Waals surface area contributed by atoms with E-state index in [9.17, 15) is 9.90 Å². The number of amides is 2. The van der Waals surface area contributed by atoms with Gasteiger partial charge in [-0.1, -0.05) is 36.4 Å². The van der Waals surface area contributed by atoms with E-state index in [1.165, 1.54) is 0 Å². The SMILES string of the molecule is COc1cccc(NC(=O)N(CCO)Cc2ccccc2)c1. The molecule has 0 bridgehead atoms. The number of aliphatic hydroxyl groups is 1. The molecule has 0 aliphatic carbocycles. The minimum absolute atomic E-state index is 0.0850. The van der Waals surface area contributed by atoms with E-state index in [0.717, 1.165) is 5.56 Å². The maximum absolute atomic E-state index is 12.4. The van der Waals surface area contributed by atoms with E-state index >= 15 is 0 Å². The molecule has 2 rings (SSSR count). The Labute approximate surface area is 130 Å². The molecule has 0 radical (unpaired) electrons. The van der Waals surface area contributed by atoms with Crippen molar-refractivity contribution in [3.8, 4) is 5.75 Å². The molecule has 0 atom stereocenters. The Morgan fingerprint density at radius 1 is 1.18 bits per heavy atom. The summed E-state index contributed by atoms with van der Waals surface area (Å²) in [6, 6.07) is 16.6. The lowest BCUT2D eigenvalue weighted by Gasteiger charge is -2.22. The number of nitrogens with zero attached hydrogens (tertiary/aromatic N) is 1. The summed E-state index contributed by atoms with van der Waals surface area (Å²) in [6.45, 7) is 0.625. The van der Waals surface area contributed by atoms with Crippen LogP contribution in [0.15, 0.2) is 54.6 Å². The lowest BCUT2D eigenvalue weighted by molar-refractivity contribution is 0.185. The third kappa shape index (κ3) is 4.49. The molecular formula is C17H20N2O3. The molecule has 116 valence electrons. The summed E-state index contributed by atoms with van der Waals surface area (Å²) in [6.07, 6.45) is 0. The van der Waals surface area contributed by atoms with Gasteiger partial charge in [-0.2, -0.15) is 0 Å². The first kappa shape index (κ1) is 15.9. The molecular weight excluding hydrogens is 280 g/mol. The topological polar surface area (TPSA) is 61.8 Å². The van der Waals surface area contributed by atoms with Gasteiger partial charge in [0.15, 0.2) is 0 Å². The van der Waals surface area contributed by atoms with Gasteiger partial charge in [0, 0.05) is 24.8 Å². The number of rotatable bonds is 6. The Morgan fingerprint density at radius 2 is 1.95 bits per heavy atom. The van der Waals surface area contributed by atoms with E-state index < -0.39 is 0 Å². The van der Waals surface area contributed by atoms with E-state index in [-0.39, 0.29) is 19.2 Å². The third-order valence-corrected chi connectivity index (χ3v) is 3.19. The first-order chi connectivity index (χ1) is 10.7. The quantitative estimate of drug-likeness (QED) is 0.862. The van der Waals surface area contributed by atoms with Crippen LogP contribution in [0.2, 0.25) is 0 Å². The minimum Gasteiger partial charge on any atom is -0.497 e. The molecule has 22 heavy (non-hydrogen) atoms. The molecule has 0 saturated carbocycles. The molecule has 0 heterocycles. The number of ether oxygens (including phenoxy) is 1. The zero-order chi connectivity index (χ0) is 15.8. The van der Waals surface area contributed by atoms with Crippen molar-refractivity contribution in [2.45, 2.75) is 6.54 Å². The summed E-state index contributed by atoms with van der Waals surface area (Å²) in [7, 11) is 1.58. The van der Waals surface area contributed by atoms with Crippen LogP contribution in [0, 0.1) is 0 Å². The summed E-state index contributed by atoms with van der Waals surface area (Å²) >= 11 is 0. The van der Waals surface area contributed by atoms with Crippen molar-refractivity contribution >= 4 is 11.7 Å². The van der Waals surface area contributed by atoms with Gasteiger partial charge >= 0.3 is 6.03 Å². The van der Waals surface area contributed by atoms with E-state index in [0.29, 0.717) is 18.0 Å². The number of aliphatic hydroxyl groups excluding tert-OH is 1. The summed E-state index contributed by atoms with van der Waals surface area (Å²) in [5.41, 5.74) is 1.66. The molecule has 0 fully saturated rings. The van der Waals surface area contributed by atoms with Crippen LogP contribution in [-0.2, 0) is 6.54 Å². The number of anilines is 1. The molecule has 2 aromatic carbocycles. The van der Waals surface area contributed by atoms with Crippen LogP contribution in [0.25, 0.3) is 0 Å². The van der Waals surface area contributed by atoms with Crippen molar-refractivity contribution in [1.29, 1.82) is 0 Å². The van der Waals surface area contributed by atoms with Crippen molar-refractivity contribution in [3.63, 3.8) is 0 Å². The molecule has 0 aliphatic heterocycles. The maximum atomic E-state index is 12.4. The highest BCUT2D eigenvalue weighted by Crippen LogP contribution is 2.17. The fourth-order valence-corrected chi connectivity index (χ4v) is 2.08. The van der Waals surface area contributed by atoms with Gasteiger partial charge in [0.05, 0.1) is 13.7 Å². The molecule has 0 aliphatic rings. The number of hydrogen-bond acceptors (Lipinski definition) is 3. The summed E-state index contributed by atoms with van der Waals surface area (Å²) < 4.78 is 5.14. The van der Waals surface area contributed by atoms with Crippen LogP contribution >= 0.6 is 0 Å². The Bertz CT molecular complexity index is 602. The predicted octanol–water partition coefficient (Wildman–Crippen LogP) is 2.72. The van der Waals surface area contributed by atoms with E-state index in [2.05, 4.69) is 5.32 Å². The highest BCUT2D eigenvalue weighted by molar-refractivity contribution is 5.89. The number of benzene rings is 2. The van der Waals surface area contributed by atoms with Gasteiger partial charge in [0.2, 0.25) is 0 Å². The smallest absolute Gasteiger partial charge is 0.322 e. The van der Waals surface area contributed by atoms with Crippen molar-refractivity contribution in [2.75, 3.05) is 25.6 Å². The highest BCUT2D eigenvalue weighted by Gasteiger charge is 2.13. The third-order valence-electron chi connectivity index (χ3n) is 3.19. The number of methoxy groups -OCH3 is 1. The molecule has 5 nitrogen and oxygen atoms in total. The van der Waals surface area contributed by atoms with Crippen molar-refractivity contribution in [2.24, 2.45) is 0 Å². The molecule has 0 aromatic heterocycles. The first-order valence-corrected chi connectivity index (χ1v) is 7.07. The van der Waals surface area contributed by atoms with Gasteiger partial charge in [-0.3, -0.25) is 0 Å². The van der Waals surface area contributed by atoms with Crippen LogP contribution in [0.1, 0.15) is 5.56 Å². The Hall–Kier alpha value is -2.53. The fourth-order valence-electron chi connectivity index (χ4n) is 2.08. The van der Waals surface area contributed by atoms with Crippen LogP contribution in [0.4, 0.5) is 10.5 Å². The van der Waals surface area contributed by atoms with Crippen LogP contribution in [-0.4, -0.2) is 36.3 Å². The van der Waals surface area contributed by atoms with Gasteiger partial charge in [-0.05, 0) is 17.7 Å². The Morgan fingerprint density at radius 3 is 2.64 bits per heavy atom. The fraction of sp³-hybridized carbons (Fsp3) is 0.235. The van der Waals surface area contributed by atoms with E-state index in [4.69, 9.17) is 4.74 Å². The summed E-state index contributed by atoms with van der Waals surface area (Å²) in [4.78, 5) is 13.9. The van der Waals surface area contributed by atoms with Crippen LogP contribution in [0.3, 0.4) is 0 Å². The molecule has 5 heteroatoms. The summed E-state index contributed by atoms with van der Waals surface area (Å²) in [5.74, 6) is 0.676. The van der Waals surface area contributed by atoms with Gasteiger partial charge in [-0.25, -0.2) is 4.79 Å². The van der Waals surface area contributed by atoms with E-state index in [1.807, 2.05) is 42.5 Å². The van der Waals surface area contributed by atoms with Gasteiger partial charge < -0.3 is 20.1 Å². The first-order valence-electron chi connectivity index (χ1n) is 7.07. The van der Waals surface area contributed by atoms with Crippen LogP contribution in [0.5, 0.6) is 5.75 Å². The number of hydrogen-bond donors (Lipinski definition) is 2. The van der Waals surface area contributed by atoms with Gasteiger partial charge in [0.1, 0.15) is 5.75 Å². The molecule has 0 spiro atoms. The average molecular weight is 300 g/mol. The number of urea groups is 1. The Balaban J connectivity index is 2.05. The second-order valence-electron chi connectivity index (χ2n) is 4.79.